The number of aryl methyl sites for hydroxylation is 2. The van der Waals surface area contributed by atoms with Gasteiger partial charge in [0.2, 0.25) is 0 Å². The second kappa shape index (κ2) is 24.2. The summed E-state index contributed by atoms with van der Waals surface area (Å²) in [6.45, 7) is 8.85. The first kappa shape index (κ1) is 44.2. The van der Waals surface area contributed by atoms with Crippen LogP contribution in [0.1, 0.15) is 61.4 Å². The van der Waals surface area contributed by atoms with Crippen molar-refractivity contribution in [1.82, 2.24) is 9.97 Å². The van der Waals surface area contributed by atoms with Gasteiger partial charge >= 0.3 is 11.9 Å². The quantitative estimate of drug-likeness (QED) is 0.0623. The lowest BCUT2D eigenvalue weighted by Gasteiger charge is -2.19. The number of carbonyl (C=O) groups excluding carboxylic acids is 2. The van der Waals surface area contributed by atoms with Gasteiger partial charge in [0.05, 0.1) is 37.8 Å². The Kier molecular flexibility index (Phi) is 19.8. The lowest BCUT2D eigenvalue weighted by atomic mass is 10.1. The molecule has 0 saturated heterocycles. The summed E-state index contributed by atoms with van der Waals surface area (Å²) in [4.78, 5) is 31.8. The zero-order valence-electron chi connectivity index (χ0n) is 31.5. The first-order valence-corrected chi connectivity index (χ1v) is 19.0. The van der Waals surface area contributed by atoms with Gasteiger partial charge in [0, 0.05) is 27.1 Å². The van der Waals surface area contributed by atoms with E-state index in [1.54, 1.807) is 40.2 Å². The summed E-state index contributed by atoms with van der Waals surface area (Å²) < 4.78 is 44.9. The minimum atomic E-state index is -0.391. The maximum absolute atomic E-state index is 11.4. The first-order valence-electron chi connectivity index (χ1n) is 17.4. The maximum atomic E-state index is 11.4. The van der Waals surface area contributed by atoms with Gasteiger partial charge in [0.1, 0.15) is 44.4 Å². The van der Waals surface area contributed by atoms with Crippen molar-refractivity contribution in [3.05, 3.63) is 105 Å². The first-order chi connectivity index (χ1) is 26.1. The third-order valence-corrected chi connectivity index (χ3v) is 8.34. The van der Waals surface area contributed by atoms with E-state index in [2.05, 4.69) is 41.8 Å². The van der Waals surface area contributed by atoms with Crippen LogP contribution in [0, 0.1) is 13.8 Å². The Bertz CT molecular complexity index is 1630. The van der Waals surface area contributed by atoms with Crippen LogP contribution in [0.5, 0.6) is 23.0 Å². The van der Waals surface area contributed by atoms with Gasteiger partial charge in [-0.1, -0.05) is 12.1 Å². The number of carbonyl (C=O) groups is 2. The Hall–Kier alpha value is -4.24. The van der Waals surface area contributed by atoms with Crippen molar-refractivity contribution < 1.29 is 47.5 Å². The Labute approximate surface area is 334 Å². The summed E-state index contributed by atoms with van der Waals surface area (Å²) >= 11 is 6.79. The normalized spacial score (nSPS) is 11.7. The Morgan fingerprint density at radius 1 is 0.630 bits per heavy atom. The van der Waals surface area contributed by atoms with Gasteiger partial charge in [-0.2, -0.15) is 0 Å². The Morgan fingerprint density at radius 2 is 1.04 bits per heavy atom. The lowest BCUT2D eigenvalue weighted by Crippen LogP contribution is -2.15. The highest BCUT2D eigenvalue weighted by molar-refractivity contribution is 9.10. The molecular formula is C40H48Br2N2O10. The summed E-state index contributed by atoms with van der Waals surface area (Å²) in [7, 11) is 3.32. The van der Waals surface area contributed by atoms with Crippen molar-refractivity contribution in [1.29, 1.82) is 0 Å². The molecule has 4 aromatic rings. The van der Waals surface area contributed by atoms with E-state index in [1.807, 2.05) is 74.5 Å². The summed E-state index contributed by atoms with van der Waals surface area (Å²) in [5.41, 5.74) is 3.37. The molecule has 14 heteroatoms. The number of benzene rings is 2. The van der Waals surface area contributed by atoms with Gasteiger partial charge in [0.15, 0.2) is 13.2 Å². The number of aromatic nitrogens is 2. The van der Waals surface area contributed by atoms with Crippen molar-refractivity contribution in [2.24, 2.45) is 0 Å². The average Bonchev–Trinajstić information content (AvgIpc) is 3.15. The predicted octanol–water partition coefficient (Wildman–Crippen LogP) is 8.50. The summed E-state index contributed by atoms with van der Waals surface area (Å²) in [5.74, 6) is 1.83. The second-order valence-electron chi connectivity index (χ2n) is 11.6. The predicted molar refractivity (Wildman–Crippen MR) is 210 cm³/mol. The Morgan fingerprint density at radius 3 is 1.37 bits per heavy atom. The molecular weight excluding hydrogens is 828 g/mol. The zero-order valence-corrected chi connectivity index (χ0v) is 34.6. The molecule has 0 aliphatic carbocycles. The molecule has 0 N–H and O–H groups in total. The topological polar surface area (TPSA) is 134 Å². The molecule has 12 nitrogen and oxygen atoms in total. The fourth-order valence-corrected chi connectivity index (χ4v) is 5.63. The number of methoxy groups -OCH3 is 2. The largest absolute Gasteiger partial charge is 0.484 e. The highest BCUT2D eigenvalue weighted by Crippen LogP contribution is 2.30. The van der Waals surface area contributed by atoms with Gasteiger partial charge in [-0.3, -0.25) is 0 Å². The van der Waals surface area contributed by atoms with Gasteiger partial charge in [0.25, 0.3) is 0 Å². The second-order valence-corrected chi connectivity index (χ2v) is 13.2. The number of pyridine rings is 2. The van der Waals surface area contributed by atoms with Crippen molar-refractivity contribution in [3.8, 4) is 23.0 Å². The van der Waals surface area contributed by atoms with E-state index >= 15 is 0 Å². The third kappa shape index (κ3) is 15.6. The smallest absolute Gasteiger partial charge is 0.344 e. The third-order valence-electron chi connectivity index (χ3n) is 7.45. The number of hydrogen-bond donors (Lipinski definition) is 0. The monoisotopic (exact) mass is 874 g/mol. The van der Waals surface area contributed by atoms with Gasteiger partial charge < -0.3 is 37.9 Å². The Balaban J connectivity index is 0.000000290. The van der Waals surface area contributed by atoms with Crippen LogP contribution in [0.4, 0.5) is 0 Å². The summed E-state index contributed by atoms with van der Waals surface area (Å²) in [6, 6.07) is 22.4. The van der Waals surface area contributed by atoms with E-state index in [0.29, 0.717) is 62.3 Å². The van der Waals surface area contributed by atoms with Crippen LogP contribution in [0.2, 0.25) is 0 Å². The minimum Gasteiger partial charge on any atom is -0.484 e. The molecule has 2 atom stereocenters. The number of nitrogens with zero attached hydrogens (tertiary/aromatic N) is 2. The molecule has 54 heavy (non-hydrogen) atoms. The molecule has 0 saturated carbocycles. The minimum absolute atomic E-state index is 0.118. The van der Waals surface area contributed by atoms with E-state index in [-0.39, 0.29) is 25.4 Å². The number of esters is 2. The summed E-state index contributed by atoms with van der Waals surface area (Å²) in [6.07, 6.45) is 0.849. The molecule has 0 aliphatic heterocycles. The van der Waals surface area contributed by atoms with E-state index in [1.165, 1.54) is 0 Å². The summed E-state index contributed by atoms with van der Waals surface area (Å²) in [5, 5.41) is 0. The molecule has 1 unspecified atom stereocenters. The van der Waals surface area contributed by atoms with E-state index < -0.39 is 11.9 Å². The van der Waals surface area contributed by atoms with Crippen LogP contribution in [0.3, 0.4) is 0 Å². The molecule has 2 aromatic heterocycles. The molecule has 292 valence electrons. The molecule has 0 radical (unpaired) electrons. The standard InChI is InChI=1S/2C20H24BrNO5/c2*1-4-25-20(23)13-26-17-9-8-15(12-14(17)2)27-18(10-11-24-3)16-6-5-7-19(21)22-16/h2*5-9,12,18H,4,10-11,13H2,1-3H3/t18-;/m0./s1. The fraction of sp³-hybridized carbons (Fsp3) is 0.400. The molecule has 4 rings (SSSR count). The highest BCUT2D eigenvalue weighted by Gasteiger charge is 2.18. The number of rotatable bonds is 20. The number of hydrogen-bond acceptors (Lipinski definition) is 12. The lowest BCUT2D eigenvalue weighted by molar-refractivity contribution is -0.146. The van der Waals surface area contributed by atoms with Crippen LogP contribution < -0.4 is 18.9 Å². The average molecular weight is 877 g/mol. The SMILES string of the molecule is CCOC(=O)COc1ccc(OC(CCOC)c2cccc(Br)n2)cc1C.CCOC(=O)COc1ccc(O[C@@H](CCOC)c2cccc(Br)n2)cc1C. The van der Waals surface area contributed by atoms with Crippen molar-refractivity contribution in [2.45, 2.75) is 52.7 Å². The van der Waals surface area contributed by atoms with Crippen LogP contribution in [0.25, 0.3) is 0 Å². The van der Waals surface area contributed by atoms with Crippen molar-refractivity contribution >= 4 is 43.8 Å². The van der Waals surface area contributed by atoms with E-state index in [9.17, 15) is 9.59 Å². The molecule has 2 heterocycles. The van der Waals surface area contributed by atoms with Gasteiger partial charge in [-0.25, -0.2) is 19.6 Å². The van der Waals surface area contributed by atoms with E-state index in [4.69, 9.17) is 37.9 Å². The van der Waals surface area contributed by atoms with Crippen LogP contribution >= 0.6 is 31.9 Å². The fourth-order valence-electron chi connectivity index (χ4n) is 4.91. The molecule has 0 aliphatic rings. The molecule has 2 aromatic carbocycles. The van der Waals surface area contributed by atoms with Crippen molar-refractivity contribution in [3.63, 3.8) is 0 Å². The highest BCUT2D eigenvalue weighted by atomic mass is 79.9. The van der Waals surface area contributed by atoms with Crippen molar-refractivity contribution in [2.75, 3.05) is 53.9 Å². The van der Waals surface area contributed by atoms with Crippen LogP contribution in [-0.4, -0.2) is 75.8 Å². The van der Waals surface area contributed by atoms with Crippen LogP contribution in [0.15, 0.2) is 82.0 Å². The molecule has 0 spiro atoms. The molecule has 0 amide bonds. The van der Waals surface area contributed by atoms with E-state index in [0.717, 1.165) is 31.7 Å². The number of ether oxygens (including phenoxy) is 8. The van der Waals surface area contributed by atoms with Crippen LogP contribution in [-0.2, 0) is 28.5 Å². The maximum Gasteiger partial charge on any atom is 0.344 e. The van der Waals surface area contributed by atoms with Gasteiger partial charge in [-0.05, 0) is 131 Å². The van der Waals surface area contributed by atoms with Gasteiger partial charge in [-0.15, -0.1) is 0 Å². The number of halogens is 2. The zero-order chi connectivity index (χ0) is 39.3. The molecule has 0 bridgehead atoms. The molecule has 0 fully saturated rings.